The molecular formula is C29H36ClN3O3S. The predicted octanol–water partition coefficient (Wildman–Crippen LogP) is 6.63. The van der Waals surface area contributed by atoms with E-state index < -0.39 is 0 Å². The number of H-pyrrole nitrogens is 1. The van der Waals surface area contributed by atoms with E-state index in [1.165, 1.54) is 11.1 Å². The minimum atomic E-state index is -0.380. The largest absolute Gasteiger partial charge is 0.473 e. The van der Waals surface area contributed by atoms with Crippen molar-refractivity contribution in [3.63, 3.8) is 0 Å². The number of halogens is 1. The first-order valence-electron chi connectivity index (χ1n) is 13.3. The SMILES string of the molecule is CC.CSNC1CC=C(c2ccc(-c3nc4cc(O[C@@H]5CCC6[C@H](O)CO[C@@H]65)[nH]c4cc3Cl)cc2)CC1. The van der Waals surface area contributed by atoms with Gasteiger partial charge in [-0.05, 0) is 55.6 Å². The zero-order valence-corrected chi connectivity index (χ0v) is 23.2. The molecule has 1 saturated heterocycles. The molecular weight excluding hydrogens is 506 g/mol. The van der Waals surface area contributed by atoms with Gasteiger partial charge in [0.2, 0.25) is 0 Å². The number of benzene rings is 1. The molecule has 8 heteroatoms. The Kier molecular flexibility index (Phi) is 8.47. The zero-order chi connectivity index (χ0) is 25.9. The lowest BCUT2D eigenvalue weighted by Gasteiger charge is -2.22. The highest BCUT2D eigenvalue weighted by Crippen LogP contribution is 2.39. The van der Waals surface area contributed by atoms with Gasteiger partial charge in [-0.25, -0.2) is 4.98 Å². The van der Waals surface area contributed by atoms with Crippen LogP contribution >= 0.6 is 23.5 Å². The summed E-state index contributed by atoms with van der Waals surface area (Å²) >= 11 is 8.35. The lowest BCUT2D eigenvalue weighted by atomic mass is 9.90. The van der Waals surface area contributed by atoms with Crippen molar-refractivity contribution in [1.82, 2.24) is 14.7 Å². The number of fused-ring (bicyclic) bond motifs is 2. The highest BCUT2D eigenvalue weighted by Gasteiger charge is 2.47. The van der Waals surface area contributed by atoms with E-state index in [1.54, 1.807) is 11.9 Å². The lowest BCUT2D eigenvalue weighted by molar-refractivity contribution is 0.0154. The Morgan fingerprint density at radius 2 is 1.92 bits per heavy atom. The van der Waals surface area contributed by atoms with Crippen LogP contribution in [0.1, 0.15) is 51.5 Å². The second kappa shape index (κ2) is 11.8. The van der Waals surface area contributed by atoms with Crippen LogP contribution in [0.5, 0.6) is 5.88 Å². The maximum atomic E-state index is 10.1. The highest BCUT2D eigenvalue weighted by molar-refractivity contribution is 7.96. The number of aromatic amines is 1. The molecule has 0 radical (unpaired) electrons. The quantitative estimate of drug-likeness (QED) is 0.304. The average molecular weight is 542 g/mol. The molecule has 3 aromatic rings. The fraction of sp³-hybridized carbons (Fsp3) is 0.483. The Hall–Kier alpha value is -2.03. The molecule has 6 nitrogen and oxygen atoms in total. The van der Waals surface area contributed by atoms with E-state index in [9.17, 15) is 5.11 Å². The van der Waals surface area contributed by atoms with Gasteiger partial charge in [-0.1, -0.05) is 67.7 Å². The van der Waals surface area contributed by atoms with Crippen molar-refractivity contribution in [2.45, 2.75) is 70.3 Å². The Bertz CT molecular complexity index is 1250. The summed E-state index contributed by atoms with van der Waals surface area (Å²) in [5.41, 5.74) is 6.09. The standard InChI is InChI=1S/C27H30ClN3O3S.C2H6/c1-35-31-18-8-6-16(7-9-18)15-2-4-17(5-3-15)26-20(28)12-21-22(30-26)13-25(29-21)34-24-11-10-19-23(32)14-33-27(19)24;1-2/h2-6,12-13,18-19,23-24,27,29,31-32H,7-11,14H2,1H3;1-2H3/t18?,19?,23-,24-,27+;/m1./s1. The summed E-state index contributed by atoms with van der Waals surface area (Å²) in [6.07, 6.45) is 9.05. The number of rotatable bonds is 6. The van der Waals surface area contributed by atoms with E-state index >= 15 is 0 Å². The predicted molar refractivity (Wildman–Crippen MR) is 153 cm³/mol. The topological polar surface area (TPSA) is 79.4 Å². The van der Waals surface area contributed by atoms with Crippen LogP contribution < -0.4 is 9.46 Å². The van der Waals surface area contributed by atoms with Crippen LogP contribution in [0.2, 0.25) is 5.02 Å². The van der Waals surface area contributed by atoms with Crippen LogP contribution in [-0.2, 0) is 4.74 Å². The Labute approximate surface area is 228 Å². The number of pyridine rings is 1. The van der Waals surface area contributed by atoms with Crippen LogP contribution in [0.3, 0.4) is 0 Å². The molecule has 1 aromatic carbocycles. The first-order chi connectivity index (χ1) is 18.1. The minimum Gasteiger partial charge on any atom is -0.473 e. The van der Waals surface area contributed by atoms with Crippen molar-refractivity contribution in [3.05, 3.63) is 53.1 Å². The molecule has 6 rings (SSSR count). The molecule has 2 aromatic heterocycles. The van der Waals surface area contributed by atoms with Gasteiger partial charge >= 0.3 is 0 Å². The van der Waals surface area contributed by atoms with E-state index in [4.69, 9.17) is 26.1 Å². The number of ether oxygens (including phenoxy) is 2. The van der Waals surface area contributed by atoms with Crippen molar-refractivity contribution < 1.29 is 14.6 Å². The smallest absolute Gasteiger partial charge is 0.193 e. The molecule has 2 aliphatic carbocycles. The average Bonchev–Trinajstić information content (AvgIpc) is 3.62. The molecule has 5 atom stereocenters. The molecule has 2 unspecified atom stereocenters. The van der Waals surface area contributed by atoms with Crippen LogP contribution in [0, 0.1) is 5.92 Å². The monoisotopic (exact) mass is 541 g/mol. The maximum Gasteiger partial charge on any atom is 0.193 e. The molecule has 3 N–H and O–H groups in total. The number of nitrogens with zero attached hydrogens (tertiary/aromatic N) is 1. The van der Waals surface area contributed by atoms with Crippen molar-refractivity contribution in [3.8, 4) is 17.1 Å². The summed E-state index contributed by atoms with van der Waals surface area (Å²) < 4.78 is 15.5. The van der Waals surface area contributed by atoms with E-state index in [0.29, 0.717) is 23.6 Å². The molecule has 198 valence electrons. The van der Waals surface area contributed by atoms with Crippen molar-refractivity contribution in [2.75, 3.05) is 12.9 Å². The molecule has 0 spiro atoms. The minimum absolute atomic E-state index is 0.0472. The summed E-state index contributed by atoms with van der Waals surface area (Å²) in [4.78, 5) is 8.15. The number of aliphatic hydroxyl groups is 1. The molecule has 3 aliphatic rings. The summed E-state index contributed by atoms with van der Waals surface area (Å²) in [5, 5.41) is 10.7. The third kappa shape index (κ3) is 5.57. The number of aliphatic hydroxyl groups excluding tert-OH is 1. The van der Waals surface area contributed by atoms with E-state index in [2.05, 4.69) is 46.3 Å². The molecule has 2 fully saturated rings. The number of hydrogen-bond donors (Lipinski definition) is 3. The van der Waals surface area contributed by atoms with Gasteiger partial charge in [-0.2, -0.15) is 0 Å². The first kappa shape index (κ1) is 26.6. The third-order valence-corrected chi connectivity index (χ3v) is 8.42. The van der Waals surface area contributed by atoms with Gasteiger partial charge in [-0.3, -0.25) is 4.72 Å². The van der Waals surface area contributed by atoms with Crippen LogP contribution in [0.25, 0.3) is 27.9 Å². The van der Waals surface area contributed by atoms with Gasteiger partial charge in [0, 0.05) is 23.6 Å². The normalized spacial score (nSPS) is 26.9. The summed E-state index contributed by atoms with van der Waals surface area (Å²) in [5.74, 6) is 0.828. The summed E-state index contributed by atoms with van der Waals surface area (Å²) in [7, 11) is 0. The van der Waals surface area contributed by atoms with Gasteiger partial charge in [0.1, 0.15) is 6.10 Å². The Morgan fingerprint density at radius 1 is 1.14 bits per heavy atom. The lowest BCUT2D eigenvalue weighted by Crippen LogP contribution is -2.30. The molecule has 0 bridgehead atoms. The summed E-state index contributed by atoms with van der Waals surface area (Å²) in [6.45, 7) is 4.40. The van der Waals surface area contributed by atoms with Crippen LogP contribution in [0.4, 0.5) is 0 Å². The Morgan fingerprint density at radius 3 is 2.65 bits per heavy atom. The van der Waals surface area contributed by atoms with Gasteiger partial charge in [0.05, 0.1) is 40.6 Å². The van der Waals surface area contributed by atoms with Crippen molar-refractivity contribution in [1.29, 1.82) is 0 Å². The van der Waals surface area contributed by atoms with Gasteiger partial charge in [0.25, 0.3) is 0 Å². The Balaban J connectivity index is 0.00000137. The van der Waals surface area contributed by atoms with Crippen molar-refractivity contribution >= 4 is 40.2 Å². The second-order valence-electron chi connectivity index (χ2n) is 9.75. The summed E-state index contributed by atoms with van der Waals surface area (Å²) in [6, 6.07) is 12.9. The fourth-order valence-electron chi connectivity index (χ4n) is 5.71. The maximum absolute atomic E-state index is 10.1. The first-order valence-corrected chi connectivity index (χ1v) is 14.9. The third-order valence-electron chi connectivity index (χ3n) is 7.56. The van der Waals surface area contributed by atoms with Gasteiger partial charge in [-0.15, -0.1) is 0 Å². The number of nitrogens with one attached hydrogen (secondary N) is 2. The fourth-order valence-corrected chi connectivity index (χ4v) is 6.52. The van der Waals surface area contributed by atoms with E-state index in [0.717, 1.165) is 54.4 Å². The number of aromatic nitrogens is 2. The van der Waals surface area contributed by atoms with Gasteiger partial charge in [0.15, 0.2) is 5.88 Å². The van der Waals surface area contributed by atoms with E-state index in [-0.39, 0.29) is 24.2 Å². The van der Waals surface area contributed by atoms with Crippen molar-refractivity contribution in [2.24, 2.45) is 5.92 Å². The van der Waals surface area contributed by atoms with E-state index in [1.807, 2.05) is 26.0 Å². The molecule has 37 heavy (non-hydrogen) atoms. The zero-order valence-electron chi connectivity index (χ0n) is 21.7. The molecule has 0 amide bonds. The second-order valence-corrected chi connectivity index (χ2v) is 10.8. The number of allylic oxidation sites excluding steroid dienone is 1. The molecule has 3 heterocycles. The van der Waals surface area contributed by atoms with Crippen LogP contribution in [-0.4, -0.2) is 52.3 Å². The molecule has 1 saturated carbocycles. The van der Waals surface area contributed by atoms with Gasteiger partial charge < -0.3 is 19.6 Å². The van der Waals surface area contributed by atoms with Crippen LogP contribution in [0.15, 0.2) is 42.5 Å². The molecule has 1 aliphatic heterocycles. The highest BCUT2D eigenvalue weighted by atomic mass is 35.5. The number of hydrogen-bond acceptors (Lipinski definition) is 6.